The van der Waals surface area contributed by atoms with Crippen LogP contribution in [-0.4, -0.2) is 51.9 Å². The number of sulfonamides is 1. The van der Waals surface area contributed by atoms with E-state index in [9.17, 15) is 18.0 Å². The molecule has 128 valence electrons. The molecule has 9 heteroatoms. The zero-order valence-corrected chi connectivity index (χ0v) is 14.1. The third-order valence-electron chi connectivity index (χ3n) is 2.99. The summed E-state index contributed by atoms with van der Waals surface area (Å²) >= 11 is 0. The summed E-state index contributed by atoms with van der Waals surface area (Å²) in [5.74, 6) is -0.734. The molecule has 0 saturated carbocycles. The fraction of sp³-hybridized carbons (Fsp3) is 0.429. The van der Waals surface area contributed by atoms with E-state index in [1.165, 1.54) is 38.4 Å². The van der Waals surface area contributed by atoms with Crippen molar-refractivity contribution < 1.29 is 22.8 Å². The molecule has 0 aliphatic rings. The van der Waals surface area contributed by atoms with Gasteiger partial charge >= 0.3 is 0 Å². The first-order valence-electron chi connectivity index (χ1n) is 7.01. The Labute approximate surface area is 135 Å². The third kappa shape index (κ3) is 5.31. The number of hydroxylamine groups is 1. The summed E-state index contributed by atoms with van der Waals surface area (Å²) < 4.78 is 24.7. The second kappa shape index (κ2) is 8.61. The van der Waals surface area contributed by atoms with Crippen LogP contribution in [-0.2, 0) is 19.7 Å². The number of benzene rings is 1. The van der Waals surface area contributed by atoms with E-state index in [1.54, 1.807) is 0 Å². The number of nitrogens with zero attached hydrogens (tertiary/aromatic N) is 1. The first kappa shape index (κ1) is 19.1. The highest BCUT2D eigenvalue weighted by atomic mass is 32.2. The van der Waals surface area contributed by atoms with Gasteiger partial charge in [-0.1, -0.05) is 11.4 Å². The molecule has 0 heterocycles. The van der Waals surface area contributed by atoms with Crippen LogP contribution in [0.15, 0.2) is 29.2 Å². The number of nitrogens with one attached hydrogen (secondary N) is 2. The average Bonchev–Trinajstić information content (AvgIpc) is 2.56. The van der Waals surface area contributed by atoms with E-state index in [1.807, 2.05) is 6.92 Å². The SMILES string of the molecule is CCCNC(=O)CNC(=O)c1ccc(S(=O)(=O)N(C)OC)cc1. The van der Waals surface area contributed by atoms with E-state index in [2.05, 4.69) is 15.5 Å². The Morgan fingerprint density at radius 1 is 1.17 bits per heavy atom. The van der Waals surface area contributed by atoms with Crippen molar-refractivity contribution in [2.75, 3.05) is 27.2 Å². The van der Waals surface area contributed by atoms with Gasteiger partial charge in [0, 0.05) is 19.2 Å². The molecule has 0 aliphatic carbocycles. The molecule has 0 saturated heterocycles. The van der Waals surface area contributed by atoms with Crippen molar-refractivity contribution in [2.45, 2.75) is 18.2 Å². The van der Waals surface area contributed by atoms with Crippen LogP contribution in [0.2, 0.25) is 0 Å². The Balaban J connectivity index is 2.70. The van der Waals surface area contributed by atoms with Gasteiger partial charge in [-0.3, -0.25) is 14.4 Å². The molecule has 0 spiro atoms. The maximum Gasteiger partial charge on any atom is 0.264 e. The fourth-order valence-electron chi connectivity index (χ4n) is 1.61. The summed E-state index contributed by atoms with van der Waals surface area (Å²) in [6.07, 6.45) is 0.811. The van der Waals surface area contributed by atoms with Crippen LogP contribution >= 0.6 is 0 Å². The van der Waals surface area contributed by atoms with Crippen LogP contribution in [0.4, 0.5) is 0 Å². The zero-order valence-electron chi connectivity index (χ0n) is 13.3. The first-order valence-corrected chi connectivity index (χ1v) is 8.45. The van der Waals surface area contributed by atoms with Crippen LogP contribution in [0.1, 0.15) is 23.7 Å². The lowest BCUT2D eigenvalue weighted by Crippen LogP contribution is -2.37. The standard InChI is InChI=1S/C14H21N3O5S/c1-4-9-15-13(18)10-16-14(19)11-5-7-12(8-6-11)23(20,21)17(2)22-3/h5-8H,4,9-10H2,1-3H3,(H,15,18)(H,16,19). The second-order valence-corrected chi connectivity index (χ2v) is 6.59. The molecule has 0 fully saturated rings. The second-order valence-electron chi connectivity index (χ2n) is 4.65. The topological polar surface area (TPSA) is 105 Å². The number of carbonyl (C=O) groups excluding carboxylic acids is 2. The number of carbonyl (C=O) groups is 2. The van der Waals surface area contributed by atoms with Gasteiger partial charge in [-0.25, -0.2) is 8.42 Å². The van der Waals surface area contributed by atoms with Crippen LogP contribution in [0.25, 0.3) is 0 Å². The molecule has 0 atom stereocenters. The summed E-state index contributed by atoms with van der Waals surface area (Å²) in [7, 11) is -1.24. The molecule has 0 aromatic heterocycles. The molecule has 23 heavy (non-hydrogen) atoms. The van der Waals surface area contributed by atoms with Crippen molar-refractivity contribution in [1.82, 2.24) is 15.1 Å². The minimum absolute atomic E-state index is 0.000844. The van der Waals surface area contributed by atoms with Crippen molar-refractivity contribution in [3.8, 4) is 0 Å². The summed E-state index contributed by atoms with van der Waals surface area (Å²) in [6.45, 7) is 2.34. The summed E-state index contributed by atoms with van der Waals surface area (Å²) in [6, 6.07) is 5.35. The summed E-state index contributed by atoms with van der Waals surface area (Å²) in [5, 5.41) is 5.10. The smallest absolute Gasteiger partial charge is 0.264 e. The first-order chi connectivity index (χ1) is 10.8. The number of rotatable bonds is 8. The molecular formula is C14H21N3O5S. The fourth-order valence-corrected chi connectivity index (χ4v) is 2.59. The molecule has 2 N–H and O–H groups in total. The highest BCUT2D eigenvalue weighted by Gasteiger charge is 2.21. The lowest BCUT2D eigenvalue weighted by Gasteiger charge is -2.14. The van der Waals surface area contributed by atoms with Gasteiger partial charge in [0.25, 0.3) is 15.9 Å². The number of amides is 2. The largest absolute Gasteiger partial charge is 0.355 e. The van der Waals surface area contributed by atoms with E-state index in [0.717, 1.165) is 10.9 Å². The maximum absolute atomic E-state index is 12.0. The highest BCUT2D eigenvalue weighted by Crippen LogP contribution is 2.15. The predicted molar refractivity (Wildman–Crippen MR) is 84.0 cm³/mol. The monoisotopic (exact) mass is 343 g/mol. The van der Waals surface area contributed by atoms with Crippen molar-refractivity contribution in [2.24, 2.45) is 0 Å². The Kier molecular flexibility index (Phi) is 7.14. The Morgan fingerprint density at radius 3 is 2.30 bits per heavy atom. The maximum atomic E-state index is 12.0. The van der Waals surface area contributed by atoms with Gasteiger partial charge in [-0.15, -0.1) is 0 Å². The molecule has 1 rings (SSSR count). The molecule has 2 amide bonds. The Bertz CT molecular complexity index is 643. The van der Waals surface area contributed by atoms with Crippen LogP contribution in [0.5, 0.6) is 0 Å². The van der Waals surface area contributed by atoms with E-state index in [0.29, 0.717) is 6.54 Å². The highest BCUT2D eigenvalue weighted by molar-refractivity contribution is 7.89. The van der Waals surface area contributed by atoms with Gasteiger partial charge in [0.2, 0.25) is 5.91 Å². The Hall–Kier alpha value is -1.97. The zero-order chi connectivity index (χ0) is 17.5. The van der Waals surface area contributed by atoms with Crippen molar-refractivity contribution >= 4 is 21.8 Å². The lowest BCUT2D eigenvalue weighted by molar-refractivity contribution is -0.120. The van der Waals surface area contributed by atoms with E-state index >= 15 is 0 Å². The molecule has 1 aromatic carbocycles. The minimum atomic E-state index is -3.75. The quantitative estimate of drug-likeness (QED) is 0.653. The van der Waals surface area contributed by atoms with Gasteiger partial charge < -0.3 is 10.6 Å². The predicted octanol–water partition coefficient (Wildman–Crippen LogP) is 0.125. The van der Waals surface area contributed by atoms with E-state index in [4.69, 9.17) is 0 Å². The molecule has 0 unspecified atom stereocenters. The van der Waals surface area contributed by atoms with E-state index in [-0.39, 0.29) is 22.9 Å². The van der Waals surface area contributed by atoms with E-state index < -0.39 is 15.9 Å². The molecule has 1 aromatic rings. The summed E-state index contributed by atoms with van der Waals surface area (Å²) in [4.78, 5) is 28.0. The minimum Gasteiger partial charge on any atom is -0.355 e. The molecule has 8 nitrogen and oxygen atoms in total. The molecule has 0 bridgehead atoms. The Morgan fingerprint density at radius 2 is 1.78 bits per heavy atom. The van der Waals surface area contributed by atoms with Gasteiger partial charge in [0.1, 0.15) is 0 Å². The van der Waals surface area contributed by atoms with Gasteiger partial charge in [-0.2, -0.15) is 0 Å². The normalized spacial score (nSPS) is 11.3. The van der Waals surface area contributed by atoms with Crippen LogP contribution in [0.3, 0.4) is 0 Å². The van der Waals surface area contributed by atoms with Crippen molar-refractivity contribution in [1.29, 1.82) is 0 Å². The lowest BCUT2D eigenvalue weighted by atomic mass is 10.2. The average molecular weight is 343 g/mol. The number of hydrogen-bond acceptors (Lipinski definition) is 5. The molecule has 0 radical (unpaired) electrons. The third-order valence-corrected chi connectivity index (χ3v) is 4.69. The van der Waals surface area contributed by atoms with Gasteiger partial charge in [0.05, 0.1) is 18.6 Å². The van der Waals surface area contributed by atoms with Crippen LogP contribution < -0.4 is 10.6 Å². The molecule has 0 aliphatic heterocycles. The van der Waals surface area contributed by atoms with Gasteiger partial charge in [-0.05, 0) is 30.7 Å². The van der Waals surface area contributed by atoms with Crippen LogP contribution in [0, 0.1) is 0 Å². The van der Waals surface area contributed by atoms with Gasteiger partial charge in [0.15, 0.2) is 0 Å². The summed E-state index contributed by atoms with van der Waals surface area (Å²) in [5.41, 5.74) is 0.257. The van der Waals surface area contributed by atoms with Crippen molar-refractivity contribution in [3.63, 3.8) is 0 Å². The molecular weight excluding hydrogens is 322 g/mol. The van der Waals surface area contributed by atoms with Crippen molar-refractivity contribution in [3.05, 3.63) is 29.8 Å². The number of hydrogen-bond donors (Lipinski definition) is 2.